The van der Waals surface area contributed by atoms with E-state index in [1.165, 1.54) is 13.2 Å². The van der Waals surface area contributed by atoms with Gasteiger partial charge < -0.3 is 10.5 Å². The topological polar surface area (TPSA) is 35.2 Å². The van der Waals surface area contributed by atoms with Crippen LogP contribution < -0.4 is 10.5 Å². The molecule has 0 bridgehead atoms. The SMILES string of the molecule is CCCC(N)C(C)c1ccc(OC)c(F)c1. The highest BCUT2D eigenvalue weighted by atomic mass is 19.1. The lowest BCUT2D eigenvalue weighted by Crippen LogP contribution is -2.26. The summed E-state index contributed by atoms with van der Waals surface area (Å²) in [6.45, 7) is 4.13. The van der Waals surface area contributed by atoms with Crippen molar-refractivity contribution in [3.63, 3.8) is 0 Å². The first-order valence-corrected chi connectivity index (χ1v) is 5.69. The van der Waals surface area contributed by atoms with Crippen LogP contribution >= 0.6 is 0 Å². The van der Waals surface area contributed by atoms with Gasteiger partial charge in [-0.3, -0.25) is 0 Å². The van der Waals surface area contributed by atoms with E-state index in [0.29, 0.717) is 0 Å². The molecule has 1 aromatic carbocycles. The zero-order valence-corrected chi connectivity index (χ0v) is 10.2. The average Bonchev–Trinajstić information content (AvgIpc) is 2.28. The predicted molar refractivity (Wildman–Crippen MR) is 64.3 cm³/mol. The highest BCUT2D eigenvalue weighted by molar-refractivity contribution is 5.31. The van der Waals surface area contributed by atoms with Crippen LogP contribution in [0.15, 0.2) is 18.2 Å². The van der Waals surface area contributed by atoms with Crippen molar-refractivity contribution in [1.29, 1.82) is 0 Å². The van der Waals surface area contributed by atoms with Gasteiger partial charge in [-0.2, -0.15) is 0 Å². The molecule has 1 rings (SSSR count). The molecule has 0 aliphatic carbocycles. The summed E-state index contributed by atoms with van der Waals surface area (Å²) in [5.74, 6) is 0.121. The van der Waals surface area contributed by atoms with E-state index in [4.69, 9.17) is 10.5 Å². The minimum atomic E-state index is -0.324. The number of hydrogen-bond acceptors (Lipinski definition) is 2. The van der Waals surface area contributed by atoms with E-state index in [9.17, 15) is 4.39 Å². The van der Waals surface area contributed by atoms with Gasteiger partial charge in [0.25, 0.3) is 0 Å². The summed E-state index contributed by atoms with van der Waals surface area (Å²) >= 11 is 0. The van der Waals surface area contributed by atoms with E-state index in [0.717, 1.165) is 18.4 Å². The summed E-state index contributed by atoms with van der Waals surface area (Å²) < 4.78 is 18.4. The average molecular weight is 225 g/mol. The fourth-order valence-electron chi connectivity index (χ4n) is 1.80. The minimum Gasteiger partial charge on any atom is -0.494 e. The maximum Gasteiger partial charge on any atom is 0.165 e. The van der Waals surface area contributed by atoms with Crippen LogP contribution in [0.2, 0.25) is 0 Å². The van der Waals surface area contributed by atoms with Crippen molar-refractivity contribution in [3.05, 3.63) is 29.6 Å². The zero-order valence-electron chi connectivity index (χ0n) is 10.2. The zero-order chi connectivity index (χ0) is 12.1. The van der Waals surface area contributed by atoms with Crippen LogP contribution in [0.4, 0.5) is 4.39 Å². The third-order valence-corrected chi connectivity index (χ3v) is 2.97. The maximum atomic E-state index is 13.5. The van der Waals surface area contributed by atoms with Crippen molar-refractivity contribution < 1.29 is 9.13 Å². The number of nitrogens with two attached hydrogens (primary N) is 1. The number of methoxy groups -OCH3 is 1. The highest BCUT2D eigenvalue weighted by Crippen LogP contribution is 2.25. The lowest BCUT2D eigenvalue weighted by atomic mass is 9.91. The second-order valence-electron chi connectivity index (χ2n) is 4.14. The number of halogens is 1. The quantitative estimate of drug-likeness (QED) is 0.835. The van der Waals surface area contributed by atoms with Gasteiger partial charge in [-0.15, -0.1) is 0 Å². The van der Waals surface area contributed by atoms with Gasteiger partial charge in [0.2, 0.25) is 0 Å². The molecule has 0 fully saturated rings. The molecular formula is C13H20FNO. The molecular weight excluding hydrogens is 205 g/mol. The third kappa shape index (κ3) is 2.95. The Labute approximate surface area is 96.6 Å². The Morgan fingerprint density at radius 1 is 1.44 bits per heavy atom. The summed E-state index contributed by atoms with van der Waals surface area (Å²) in [5.41, 5.74) is 6.96. The molecule has 0 radical (unpaired) electrons. The van der Waals surface area contributed by atoms with Crippen LogP contribution in [0.3, 0.4) is 0 Å². The molecule has 1 aromatic rings. The number of benzene rings is 1. The van der Waals surface area contributed by atoms with Crippen LogP contribution in [-0.2, 0) is 0 Å². The Hall–Kier alpha value is -1.09. The van der Waals surface area contributed by atoms with E-state index in [1.807, 2.05) is 13.0 Å². The van der Waals surface area contributed by atoms with Crippen molar-refractivity contribution in [1.82, 2.24) is 0 Å². The molecule has 0 saturated heterocycles. The molecule has 0 saturated carbocycles. The summed E-state index contributed by atoms with van der Waals surface area (Å²) in [7, 11) is 1.46. The normalized spacial score (nSPS) is 14.6. The Balaban J connectivity index is 2.84. The molecule has 0 aliphatic heterocycles. The fraction of sp³-hybridized carbons (Fsp3) is 0.538. The van der Waals surface area contributed by atoms with E-state index in [2.05, 4.69) is 6.92 Å². The molecule has 2 N–H and O–H groups in total. The van der Waals surface area contributed by atoms with Crippen LogP contribution in [-0.4, -0.2) is 13.2 Å². The second kappa shape index (κ2) is 5.85. The molecule has 0 spiro atoms. The Morgan fingerprint density at radius 2 is 2.12 bits per heavy atom. The summed E-state index contributed by atoms with van der Waals surface area (Å²) in [4.78, 5) is 0. The van der Waals surface area contributed by atoms with E-state index >= 15 is 0 Å². The summed E-state index contributed by atoms with van der Waals surface area (Å²) in [5, 5.41) is 0. The third-order valence-electron chi connectivity index (χ3n) is 2.97. The number of rotatable bonds is 5. The van der Waals surface area contributed by atoms with Crippen molar-refractivity contribution in [2.45, 2.75) is 38.6 Å². The van der Waals surface area contributed by atoms with E-state index < -0.39 is 0 Å². The van der Waals surface area contributed by atoms with Crippen LogP contribution in [0.1, 0.15) is 38.2 Å². The van der Waals surface area contributed by atoms with Gasteiger partial charge in [0, 0.05) is 6.04 Å². The molecule has 0 amide bonds. The molecule has 0 aromatic heterocycles. The van der Waals surface area contributed by atoms with Crippen molar-refractivity contribution in [2.24, 2.45) is 5.73 Å². The van der Waals surface area contributed by atoms with Crippen LogP contribution in [0, 0.1) is 5.82 Å². The lowest BCUT2D eigenvalue weighted by molar-refractivity contribution is 0.385. The highest BCUT2D eigenvalue weighted by Gasteiger charge is 2.15. The van der Waals surface area contributed by atoms with Gasteiger partial charge in [-0.25, -0.2) is 4.39 Å². The van der Waals surface area contributed by atoms with Gasteiger partial charge in [-0.05, 0) is 30.0 Å². The smallest absolute Gasteiger partial charge is 0.165 e. The second-order valence-corrected chi connectivity index (χ2v) is 4.14. The van der Waals surface area contributed by atoms with Gasteiger partial charge in [-0.1, -0.05) is 26.3 Å². The van der Waals surface area contributed by atoms with Crippen LogP contribution in [0.25, 0.3) is 0 Å². The Morgan fingerprint density at radius 3 is 2.62 bits per heavy atom. The first-order valence-electron chi connectivity index (χ1n) is 5.69. The van der Waals surface area contributed by atoms with Crippen molar-refractivity contribution in [2.75, 3.05) is 7.11 Å². The van der Waals surface area contributed by atoms with Crippen LogP contribution in [0.5, 0.6) is 5.75 Å². The lowest BCUT2D eigenvalue weighted by Gasteiger charge is -2.20. The van der Waals surface area contributed by atoms with Crippen molar-refractivity contribution in [3.8, 4) is 5.75 Å². The van der Waals surface area contributed by atoms with Gasteiger partial charge in [0.1, 0.15) is 0 Å². The first-order chi connectivity index (χ1) is 7.60. The predicted octanol–water partition coefficient (Wildman–Crippen LogP) is 3.07. The molecule has 0 heterocycles. The van der Waals surface area contributed by atoms with E-state index in [-0.39, 0.29) is 23.5 Å². The number of hydrogen-bond donors (Lipinski definition) is 1. The van der Waals surface area contributed by atoms with E-state index in [1.54, 1.807) is 6.07 Å². The molecule has 2 nitrogen and oxygen atoms in total. The summed E-state index contributed by atoms with van der Waals surface area (Å²) in [6, 6.07) is 5.12. The molecule has 3 heteroatoms. The fourth-order valence-corrected chi connectivity index (χ4v) is 1.80. The Kier molecular flexibility index (Phi) is 4.74. The Bertz CT molecular complexity index is 341. The standard InChI is InChI=1S/C13H20FNO/c1-4-5-12(15)9(2)10-6-7-13(16-3)11(14)8-10/h6-9,12H,4-5,15H2,1-3H3. The molecule has 2 unspecified atom stereocenters. The maximum absolute atomic E-state index is 13.5. The van der Waals surface area contributed by atoms with Gasteiger partial charge >= 0.3 is 0 Å². The molecule has 16 heavy (non-hydrogen) atoms. The summed E-state index contributed by atoms with van der Waals surface area (Å²) in [6.07, 6.45) is 2.00. The van der Waals surface area contributed by atoms with Crippen molar-refractivity contribution >= 4 is 0 Å². The molecule has 90 valence electrons. The first kappa shape index (κ1) is 13.0. The monoisotopic (exact) mass is 225 g/mol. The van der Waals surface area contributed by atoms with Gasteiger partial charge in [0.05, 0.1) is 7.11 Å². The van der Waals surface area contributed by atoms with Gasteiger partial charge in [0.15, 0.2) is 11.6 Å². The largest absolute Gasteiger partial charge is 0.494 e. The minimum absolute atomic E-state index is 0.0813. The molecule has 2 atom stereocenters. The number of ether oxygens (including phenoxy) is 1. The molecule has 0 aliphatic rings.